The molecule has 0 fully saturated rings. The van der Waals surface area contributed by atoms with Crippen LogP contribution in [-0.4, -0.2) is 26.4 Å². The number of sulfonamides is 1. The van der Waals surface area contributed by atoms with E-state index in [0.29, 0.717) is 23.6 Å². The van der Waals surface area contributed by atoms with Gasteiger partial charge in [0.15, 0.2) is 0 Å². The van der Waals surface area contributed by atoms with Crippen molar-refractivity contribution in [1.82, 2.24) is 4.31 Å². The van der Waals surface area contributed by atoms with Crippen molar-refractivity contribution in [2.75, 3.05) is 13.7 Å². The van der Waals surface area contributed by atoms with Crippen LogP contribution in [0.3, 0.4) is 0 Å². The summed E-state index contributed by atoms with van der Waals surface area (Å²) in [6.07, 6.45) is 0.687. The van der Waals surface area contributed by atoms with Gasteiger partial charge < -0.3 is 4.74 Å². The Morgan fingerprint density at radius 3 is 2.25 bits per heavy atom. The van der Waals surface area contributed by atoms with Gasteiger partial charge >= 0.3 is 0 Å². The molecule has 1 aliphatic rings. The van der Waals surface area contributed by atoms with E-state index in [1.54, 1.807) is 23.5 Å². The Morgan fingerprint density at radius 2 is 1.54 bits per heavy atom. The Bertz CT molecular complexity index is 1090. The number of methoxy groups -OCH3 is 1. The smallest absolute Gasteiger partial charge is 0.243 e. The molecular weight excluding hydrogens is 370 g/mol. The number of hydrogen-bond acceptors (Lipinski definition) is 3. The largest absolute Gasteiger partial charge is 0.496 e. The second-order valence-corrected chi connectivity index (χ2v) is 8.91. The van der Waals surface area contributed by atoms with Gasteiger partial charge in [0.1, 0.15) is 5.75 Å². The first-order chi connectivity index (χ1) is 13.5. The summed E-state index contributed by atoms with van der Waals surface area (Å²) in [5, 5.41) is 0. The molecule has 0 bridgehead atoms. The van der Waals surface area contributed by atoms with Crippen molar-refractivity contribution in [2.45, 2.75) is 24.3 Å². The summed E-state index contributed by atoms with van der Waals surface area (Å²) in [6, 6.07) is 22.3. The third-order valence-electron chi connectivity index (χ3n) is 5.30. The average molecular weight is 394 g/mol. The van der Waals surface area contributed by atoms with E-state index in [9.17, 15) is 8.42 Å². The predicted octanol–water partition coefficient (Wildman–Crippen LogP) is 4.34. The van der Waals surface area contributed by atoms with Crippen molar-refractivity contribution in [2.24, 2.45) is 0 Å². The van der Waals surface area contributed by atoms with Gasteiger partial charge in [0, 0.05) is 12.1 Å². The molecule has 0 aromatic heterocycles. The van der Waals surface area contributed by atoms with E-state index >= 15 is 0 Å². The van der Waals surface area contributed by atoms with Gasteiger partial charge in [-0.25, -0.2) is 8.42 Å². The predicted molar refractivity (Wildman–Crippen MR) is 110 cm³/mol. The monoisotopic (exact) mass is 393 g/mol. The standard InChI is InChI=1S/C23H23NO3S/c1-17-11-13-19(14-12-17)28(25,26)24-16-15-18-7-3-4-8-20(18)23(24)21-9-5-6-10-22(21)27-2/h3-14,23H,15-16H2,1-2H3. The van der Waals surface area contributed by atoms with Gasteiger partial charge in [0.25, 0.3) is 0 Å². The fraction of sp³-hybridized carbons (Fsp3) is 0.217. The van der Waals surface area contributed by atoms with Crippen molar-refractivity contribution in [3.63, 3.8) is 0 Å². The zero-order valence-electron chi connectivity index (χ0n) is 16.0. The van der Waals surface area contributed by atoms with Crippen LogP contribution in [0.25, 0.3) is 0 Å². The van der Waals surface area contributed by atoms with Crippen molar-refractivity contribution >= 4 is 10.0 Å². The lowest BCUT2D eigenvalue weighted by atomic mass is 9.89. The van der Waals surface area contributed by atoms with Crippen LogP contribution in [0.1, 0.15) is 28.3 Å². The molecule has 0 spiro atoms. The maximum absolute atomic E-state index is 13.6. The Balaban J connectivity index is 1.90. The highest BCUT2D eigenvalue weighted by molar-refractivity contribution is 7.89. The minimum Gasteiger partial charge on any atom is -0.496 e. The van der Waals surface area contributed by atoms with Crippen LogP contribution >= 0.6 is 0 Å². The summed E-state index contributed by atoms with van der Waals surface area (Å²) in [7, 11) is -2.05. The minimum absolute atomic E-state index is 0.317. The molecule has 1 aliphatic heterocycles. The Labute approximate surface area is 166 Å². The first-order valence-corrected chi connectivity index (χ1v) is 10.8. The van der Waals surface area contributed by atoms with E-state index < -0.39 is 16.1 Å². The number of rotatable bonds is 4. The molecule has 1 heterocycles. The number of para-hydroxylation sites is 1. The Hall–Kier alpha value is -2.63. The molecule has 0 saturated carbocycles. The quantitative estimate of drug-likeness (QED) is 0.662. The van der Waals surface area contributed by atoms with Crippen molar-refractivity contribution in [1.29, 1.82) is 0 Å². The lowest BCUT2D eigenvalue weighted by molar-refractivity contribution is 0.330. The summed E-state index contributed by atoms with van der Waals surface area (Å²) in [5.74, 6) is 0.688. The van der Waals surface area contributed by atoms with Gasteiger partial charge in [0.05, 0.1) is 18.0 Å². The van der Waals surface area contributed by atoms with E-state index in [1.807, 2.05) is 61.5 Å². The molecule has 144 valence electrons. The van der Waals surface area contributed by atoms with Gasteiger partial charge in [-0.15, -0.1) is 0 Å². The molecular formula is C23H23NO3S. The van der Waals surface area contributed by atoms with Crippen LogP contribution in [0.15, 0.2) is 77.7 Å². The van der Waals surface area contributed by atoms with Gasteiger partial charge in [-0.2, -0.15) is 4.31 Å². The van der Waals surface area contributed by atoms with Crippen LogP contribution in [-0.2, 0) is 16.4 Å². The number of benzene rings is 3. The lowest BCUT2D eigenvalue weighted by Gasteiger charge is -2.37. The summed E-state index contributed by atoms with van der Waals surface area (Å²) in [5.41, 5.74) is 4.07. The Kier molecular flexibility index (Phi) is 4.96. The molecule has 0 radical (unpaired) electrons. The van der Waals surface area contributed by atoms with Gasteiger partial charge in [0.2, 0.25) is 10.0 Å². The third-order valence-corrected chi connectivity index (χ3v) is 7.18. The third kappa shape index (κ3) is 3.21. The lowest BCUT2D eigenvalue weighted by Crippen LogP contribution is -2.40. The second-order valence-electron chi connectivity index (χ2n) is 7.02. The summed E-state index contributed by atoms with van der Waals surface area (Å²) < 4.78 is 34.3. The average Bonchev–Trinajstić information content (AvgIpc) is 2.73. The molecule has 4 rings (SSSR count). The van der Waals surface area contributed by atoms with E-state index in [2.05, 4.69) is 6.07 Å². The molecule has 0 saturated heterocycles. The van der Waals surface area contributed by atoms with E-state index in [-0.39, 0.29) is 0 Å². The molecule has 0 N–H and O–H groups in total. The van der Waals surface area contributed by atoms with Crippen molar-refractivity contribution in [3.05, 3.63) is 95.1 Å². The zero-order chi connectivity index (χ0) is 19.7. The highest BCUT2D eigenvalue weighted by Crippen LogP contribution is 2.41. The van der Waals surface area contributed by atoms with E-state index in [4.69, 9.17) is 4.74 Å². The number of ether oxygens (including phenoxy) is 1. The van der Waals surface area contributed by atoms with Crippen LogP contribution in [0.2, 0.25) is 0 Å². The second kappa shape index (κ2) is 7.41. The van der Waals surface area contributed by atoms with Gasteiger partial charge in [-0.05, 0) is 42.7 Å². The molecule has 3 aromatic rings. The fourth-order valence-electron chi connectivity index (χ4n) is 3.86. The van der Waals surface area contributed by atoms with E-state index in [1.165, 1.54) is 5.56 Å². The summed E-state index contributed by atoms with van der Waals surface area (Å²) in [4.78, 5) is 0.317. The minimum atomic E-state index is -3.67. The van der Waals surface area contributed by atoms with Crippen LogP contribution in [0.5, 0.6) is 5.75 Å². The van der Waals surface area contributed by atoms with E-state index in [0.717, 1.165) is 16.7 Å². The summed E-state index contributed by atoms with van der Waals surface area (Å²) >= 11 is 0. The highest BCUT2D eigenvalue weighted by atomic mass is 32.2. The van der Waals surface area contributed by atoms with Gasteiger partial charge in [-0.1, -0.05) is 60.2 Å². The Morgan fingerprint density at radius 1 is 0.893 bits per heavy atom. The molecule has 0 amide bonds. The number of nitrogens with zero attached hydrogens (tertiary/aromatic N) is 1. The maximum atomic E-state index is 13.6. The number of fused-ring (bicyclic) bond motifs is 1. The maximum Gasteiger partial charge on any atom is 0.243 e. The molecule has 3 aromatic carbocycles. The summed E-state index contributed by atoms with van der Waals surface area (Å²) in [6.45, 7) is 2.38. The van der Waals surface area contributed by atoms with Crippen LogP contribution in [0.4, 0.5) is 0 Å². The molecule has 28 heavy (non-hydrogen) atoms. The van der Waals surface area contributed by atoms with Crippen LogP contribution in [0, 0.1) is 6.92 Å². The first kappa shape index (κ1) is 18.7. The van der Waals surface area contributed by atoms with Crippen LogP contribution < -0.4 is 4.74 Å². The highest BCUT2D eigenvalue weighted by Gasteiger charge is 2.38. The van der Waals surface area contributed by atoms with Gasteiger partial charge in [-0.3, -0.25) is 0 Å². The molecule has 5 heteroatoms. The first-order valence-electron chi connectivity index (χ1n) is 9.31. The SMILES string of the molecule is COc1ccccc1C1c2ccccc2CCN1S(=O)(=O)c1ccc(C)cc1. The van der Waals surface area contributed by atoms with Crippen molar-refractivity contribution < 1.29 is 13.2 Å². The normalized spacial score (nSPS) is 17.1. The fourth-order valence-corrected chi connectivity index (χ4v) is 5.45. The molecule has 1 unspecified atom stereocenters. The topological polar surface area (TPSA) is 46.6 Å². The number of hydrogen-bond donors (Lipinski definition) is 0. The zero-order valence-corrected chi connectivity index (χ0v) is 16.8. The number of aryl methyl sites for hydroxylation is 1. The molecule has 4 nitrogen and oxygen atoms in total. The molecule has 1 atom stereocenters. The van der Waals surface area contributed by atoms with Crippen molar-refractivity contribution in [3.8, 4) is 5.75 Å². The molecule has 0 aliphatic carbocycles.